The molecular weight excluding hydrogens is 436 g/mol. The van der Waals surface area contributed by atoms with Crippen molar-refractivity contribution < 1.29 is 34.4 Å². The van der Waals surface area contributed by atoms with E-state index in [0.717, 1.165) is 24.5 Å². The summed E-state index contributed by atoms with van der Waals surface area (Å²) in [5.74, 6) is -1.61. The van der Waals surface area contributed by atoms with Gasteiger partial charge in [-0.2, -0.15) is 13.2 Å². The van der Waals surface area contributed by atoms with Gasteiger partial charge in [-0.1, -0.05) is 11.6 Å². The predicted molar refractivity (Wildman–Crippen MR) is 92.1 cm³/mol. The van der Waals surface area contributed by atoms with Crippen LogP contribution in [0.3, 0.4) is 0 Å². The number of alkyl halides is 3. The van der Waals surface area contributed by atoms with Gasteiger partial charge in [-0.25, -0.2) is 21.2 Å². The molecule has 0 aliphatic rings. The summed E-state index contributed by atoms with van der Waals surface area (Å²) in [4.78, 5) is -0.814. The minimum absolute atomic E-state index is 0.0248. The molecule has 0 saturated heterocycles. The monoisotopic (exact) mass is 446 g/mol. The number of hydrogen-bond donors (Lipinski definition) is 2. The van der Waals surface area contributed by atoms with Crippen LogP contribution in [-0.4, -0.2) is 23.1 Å². The quantitative estimate of drug-likeness (QED) is 0.685. The summed E-state index contributed by atoms with van der Waals surface area (Å²) in [7, 11) is -8.12. The minimum Gasteiger partial charge on any atom is -0.282 e. The van der Waals surface area contributed by atoms with E-state index in [1.165, 1.54) is 0 Å². The zero-order chi connectivity index (χ0) is 20.6. The Balaban J connectivity index is 2.36. The summed E-state index contributed by atoms with van der Waals surface area (Å²) < 4.78 is 103. The second-order valence-corrected chi connectivity index (χ2v) is 9.15. The van der Waals surface area contributed by atoms with Gasteiger partial charge in [0.1, 0.15) is 5.82 Å². The lowest BCUT2D eigenvalue weighted by Gasteiger charge is -2.13. The zero-order valence-electron chi connectivity index (χ0n) is 13.3. The molecule has 0 unspecified atom stereocenters. The van der Waals surface area contributed by atoms with Gasteiger partial charge < -0.3 is 0 Å². The van der Waals surface area contributed by atoms with Crippen LogP contribution in [0.2, 0.25) is 5.02 Å². The molecule has 0 atom stereocenters. The van der Waals surface area contributed by atoms with Crippen LogP contribution in [0.15, 0.2) is 41.3 Å². The molecule has 0 aliphatic carbocycles. The third kappa shape index (κ3) is 5.47. The van der Waals surface area contributed by atoms with Gasteiger partial charge in [-0.15, -0.1) is 0 Å². The van der Waals surface area contributed by atoms with Gasteiger partial charge in [-0.05, 0) is 36.4 Å². The van der Waals surface area contributed by atoms with E-state index in [4.69, 9.17) is 11.6 Å². The van der Waals surface area contributed by atoms with E-state index in [-0.39, 0.29) is 22.5 Å². The Kier molecular flexibility index (Phi) is 5.64. The highest BCUT2D eigenvalue weighted by Gasteiger charge is 2.35. The van der Waals surface area contributed by atoms with Crippen LogP contribution in [0.1, 0.15) is 5.56 Å². The number of sulfonamides is 2. The van der Waals surface area contributed by atoms with Crippen molar-refractivity contribution in [2.24, 2.45) is 0 Å². The predicted octanol–water partition coefficient (Wildman–Crippen LogP) is 3.67. The van der Waals surface area contributed by atoms with Gasteiger partial charge in [0.25, 0.3) is 10.0 Å². The number of benzene rings is 2. The third-order valence-electron chi connectivity index (χ3n) is 3.07. The van der Waals surface area contributed by atoms with Crippen LogP contribution in [0, 0.1) is 5.82 Å². The fourth-order valence-electron chi connectivity index (χ4n) is 1.96. The van der Waals surface area contributed by atoms with Gasteiger partial charge in [0, 0.05) is 0 Å². The first kappa shape index (κ1) is 21.3. The number of rotatable bonds is 5. The first-order valence-electron chi connectivity index (χ1n) is 6.86. The molecule has 2 aromatic rings. The summed E-state index contributed by atoms with van der Waals surface area (Å²) in [6.07, 6.45) is -4.19. The molecule has 148 valence electrons. The second-order valence-electron chi connectivity index (χ2n) is 5.31. The number of halogens is 5. The molecule has 0 aromatic heterocycles. The summed E-state index contributed by atoms with van der Waals surface area (Å²) in [6, 6.07) is 4.59. The molecule has 0 heterocycles. The van der Waals surface area contributed by atoms with Crippen LogP contribution in [0.4, 0.5) is 28.9 Å². The zero-order valence-corrected chi connectivity index (χ0v) is 15.7. The SMILES string of the molecule is CS(=O)(=O)Nc1ccc(NS(=O)(=O)c2ccc(F)c(C(F)(F)F)c2)cc1Cl. The van der Waals surface area contributed by atoms with Gasteiger partial charge >= 0.3 is 6.18 Å². The molecule has 6 nitrogen and oxygen atoms in total. The molecule has 0 bridgehead atoms. The van der Waals surface area contributed by atoms with Crippen molar-refractivity contribution in [3.63, 3.8) is 0 Å². The minimum atomic E-state index is -5.07. The van der Waals surface area contributed by atoms with Crippen LogP contribution in [0.25, 0.3) is 0 Å². The summed E-state index contributed by atoms with van der Waals surface area (Å²) in [5.41, 5.74) is -1.89. The maximum Gasteiger partial charge on any atom is 0.419 e. The highest BCUT2D eigenvalue weighted by atomic mass is 35.5. The van der Waals surface area contributed by atoms with Gasteiger partial charge in [0.2, 0.25) is 10.0 Å². The fraction of sp³-hybridized carbons (Fsp3) is 0.143. The lowest BCUT2D eigenvalue weighted by atomic mass is 10.2. The Morgan fingerprint density at radius 2 is 1.59 bits per heavy atom. The van der Waals surface area contributed by atoms with Gasteiger partial charge in [0.05, 0.1) is 33.1 Å². The average Bonchev–Trinajstić information content (AvgIpc) is 2.47. The Morgan fingerprint density at radius 3 is 2.11 bits per heavy atom. The van der Waals surface area contributed by atoms with E-state index in [2.05, 4.69) is 4.72 Å². The Morgan fingerprint density at radius 1 is 0.963 bits per heavy atom. The molecular formula is C14H11ClF4N2O4S2. The second kappa shape index (κ2) is 7.17. The fourth-order valence-corrected chi connectivity index (χ4v) is 3.90. The molecule has 0 radical (unpaired) electrons. The van der Waals surface area contributed by atoms with Crippen LogP contribution < -0.4 is 9.44 Å². The average molecular weight is 447 g/mol. The van der Waals surface area contributed by atoms with Crippen molar-refractivity contribution in [2.75, 3.05) is 15.7 Å². The summed E-state index contributed by atoms with van der Waals surface area (Å²) in [6.45, 7) is 0. The van der Waals surface area contributed by atoms with E-state index in [9.17, 15) is 34.4 Å². The highest BCUT2D eigenvalue weighted by molar-refractivity contribution is 7.92. The number of hydrogen-bond acceptors (Lipinski definition) is 4. The van der Waals surface area contributed by atoms with Crippen LogP contribution in [-0.2, 0) is 26.2 Å². The molecule has 0 fully saturated rings. The maximum absolute atomic E-state index is 13.3. The van der Waals surface area contributed by atoms with Crippen LogP contribution in [0.5, 0.6) is 0 Å². The molecule has 0 saturated carbocycles. The Labute approximate surface area is 157 Å². The molecule has 13 heteroatoms. The van der Waals surface area contributed by atoms with E-state index in [1.54, 1.807) is 0 Å². The van der Waals surface area contributed by atoms with Crippen molar-refractivity contribution in [2.45, 2.75) is 11.1 Å². The smallest absolute Gasteiger partial charge is 0.282 e. The number of anilines is 2. The van der Waals surface area contributed by atoms with Crippen molar-refractivity contribution in [3.8, 4) is 0 Å². The topological polar surface area (TPSA) is 92.3 Å². The molecule has 2 aromatic carbocycles. The molecule has 2 N–H and O–H groups in total. The van der Waals surface area contributed by atoms with Gasteiger partial charge in [-0.3, -0.25) is 9.44 Å². The van der Waals surface area contributed by atoms with E-state index < -0.39 is 42.5 Å². The summed E-state index contributed by atoms with van der Waals surface area (Å²) >= 11 is 5.86. The molecule has 27 heavy (non-hydrogen) atoms. The first-order valence-corrected chi connectivity index (χ1v) is 10.6. The van der Waals surface area contributed by atoms with E-state index in [1.807, 2.05) is 4.72 Å². The maximum atomic E-state index is 13.3. The van der Waals surface area contributed by atoms with Crippen molar-refractivity contribution >= 4 is 43.0 Å². The standard InChI is InChI=1S/C14H11ClF4N2O4S2/c1-26(22,23)21-13-5-2-8(6-11(13)15)20-27(24,25)9-3-4-12(16)10(7-9)14(17,18)19/h2-7,20-21H,1H3. The number of nitrogens with one attached hydrogen (secondary N) is 2. The third-order valence-corrected chi connectivity index (χ3v) is 5.35. The van der Waals surface area contributed by atoms with Crippen molar-refractivity contribution in [3.05, 3.63) is 52.8 Å². The lowest BCUT2D eigenvalue weighted by molar-refractivity contribution is -0.140. The molecule has 0 amide bonds. The van der Waals surface area contributed by atoms with Crippen LogP contribution >= 0.6 is 11.6 Å². The molecule has 2 rings (SSSR count). The molecule has 0 aliphatic heterocycles. The van der Waals surface area contributed by atoms with Crippen molar-refractivity contribution in [1.29, 1.82) is 0 Å². The Bertz CT molecular complexity index is 1090. The normalized spacial score (nSPS) is 12.7. The van der Waals surface area contributed by atoms with Crippen molar-refractivity contribution in [1.82, 2.24) is 0 Å². The summed E-state index contributed by atoms with van der Waals surface area (Å²) in [5, 5.41) is -0.157. The van der Waals surface area contributed by atoms with E-state index >= 15 is 0 Å². The van der Waals surface area contributed by atoms with Gasteiger partial charge in [0.15, 0.2) is 0 Å². The first-order chi connectivity index (χ1) is 12.2. The van der Waals surface area contributed by atoms with E-state index in [0.29, 0.717) is 12.1 Å². The largest absolute Gasteiger partial charge is 0.419 e. The lowest BCUT2D eigenvalue weighted by Crippen LogP contribution is -2.16. The highest BCUT2D eigenvalue weighted by Crippen LogP contribution is 2.33. The molecule has 0 spiro atoms. The Hall–Kier alpha value is -2.05.